The first-order valence-electron chi connectivity index (χ1n) is 10.9. The van der Waals surface area contributed by atoms with Crippen LogP contribution in [-0.4, -0.2) is 52.5 Å². The summed E-state index contributed by atoms with van der Waals surface area (Å²) < 4.78 is 8.42. The van der Waals surface area contributed by atoms with Gasteiger partial charge in [0.1, 0.15) is 0 Å². The fraction of sp³-hybridized carbons (Fsp3) is 0.261. The summed E-state index contributed by atoms with van der Waals surface area (Å²) in [6.07, 6.45) is 3.82. The molecule has 1 amide bonds. The van der Waals surface area contributed by atoms with Crippen molar-refractivity contribution >= 4 is 28.5 Å². The number of hydrogen-bond donors (Lipinski definition) is 3. The Kier molecular flexibility index (Phi) is 4.42. The van der Waals surface area contributed by atoms with Gasteiger partial charge in [0.25, 0.3) is 5.91 Å². The Morgan fingerprint density at radius 3 is 2.68 bits per heavy atom. The number of aliphatic hydroxyl groups excluding tert-OH is 1. The van der Waals surface area contributed by atoms with Gasteiger partial charge in [-0.3, -0.25) is 4.79 Å². The van der Waals surface area contributed by atoms with Crippen LogP contribution in [0.3, 0.4) is 0 Å². The number of nitrogens with two attached hydrogens (primary N) is 1. The van der Waals surface area contributed by atoms with Crippen molar-refractivity contribution in [3.8, 4) is 11.6 Å². The molecule has 34 heavy (non-hydrogen) atoms. The summed E-state index contributed by atoms with van der Waals surface area (Å²) in [4.78, 5) is 22.8. The summed E-state index contributed by atoms with van der Waals surface area (Å²) in [7, 11) is 0. The highest BCUT2D eigenvalue weighted by Crippen LogP contribution is 2.32. The number of carbonyl (C=O) groups is 1. The van der Waals surface area contributed by atoms with E-state index in [1.165, 1.54) is 4.52 Å². The third-order valence-electron chi connectivity index (χ3n) is 6.42. The van der Waals surface area contributed by atoms with Crippen molar-refractivity contribution in [1.82, 2.24) is 34.7 Å². The van der Waals surface area contributed by atoms with Crippen LogP contribution in [0.25, 0.3) is 28.3 Å². The number of hydrogen-bond acceptors (Lipinski definition) is 8. The van der Waals surface area contributed by atoms with E-state index in [2.05, 4.69) is 25.5 Å². The smallest absolute Gasteiger partial charge is 0.252 e. The molecule has 1 aliphatic carbocycles. The van der Waals surface area contributed by atoms with Crippen LogP contribution in [-0.2, 0) is 10.3 Å². The zero-order chi connectivity index (χ0) is 23.4. The number of benzene rings is 1. The summed E-state index contributed by atoms with van der Waals surface area (Å²) in [6.45, 7) is 1.79. The number of anilines is 1. The maximum absolute atomic E-state index is 13.7. The number of amides is 1. The van der Waals surface area contributed by atoms with Crippen LogP contribution in [0.4, 0.5) is 5.95 Å². The van der Waals surface area contributed by atoms with Crippen LogP contribution in [0.15, 0.2) is 59.3 Å². The van der Waals surface area contributed by atoms with Crippen molar-refractivity contribution in [2.75, 3.05) is 5.73 Å². The highest BCUT2D eigenvalue weighted by Gasteiger charge is 2.42. The maximum atomic E-state index is 13.7. The van der Waals surface area contributed by atoms with E-state index in [-0.39, 0.29) is 24.0 Å². The van der Waals surface area contributed by atoms with Crippen molar-refractivity contribution in [3.05, 3.63) is 60.5 Å². The SMILES string of the molecule is CC(C(=O)N[C@H]1C[C@@H](O)C1)(c1ccccc1)n1ncc2c1nc(N)n1nc(-c3ccco3)nc21. The number of furan rings is 1. The summed E-state index contributed by atoms with van der Waals surface area (Å²) in [6, 6.07) is 12.8. The van der Waals surface area contributed by atoms with E-state index in [1.54, 1.807) is 36.2 Å². The lowest BCUT2D eigenvalue weighted by molar-refractivity contribution is -0.129. The second-order valence-electron chi connectivity index (χ2n) is 8.65. The average molecular weight is 458 g/mol. The molecule has 4 aromatic heterocycles. The van der Waals surface area contributed by atoms with Crippen LogP contribution in [0.1, 0.15) is 25.3 Å². The number of fused-ring (bicyclic) bond motifs is 3. The topological polar surface area (TPSA) is 149 Å². The Balaban J connectivity index is 1.52. The van der Waals surface area contributed by atoms with E-state index in [9.17, 15) is 9.90 Å². The van der Waals surface area contributed by atoms with E-state index in [0.717, 1.165) is 5.56 Å². The highest BCUT2D eigenvalue weighted by atomic mass is 16.3. The number of nitrogens with one attached hydrogen (secondary N) is 1. The number of aromatic nitrogens is 6. The van der Waals surface area contributed by atoms with Crippen molar-refractivity contribution in [1.29, 1.82) is 0 Å². The average Bonchev–Trinajstić information content (AvgIpc) is 3.57. The molecule has 0 aliphatic heterocycles. The van der Waals surface area contributed by atoms with Crippen LogP contribution in [0.2, 0.25) is 0 Å². The summed E-state index contributed by atoms with van der Waals surface area (Å²) in [5.74, 6) is 0.719. The number of carbonyl (C=O) groups excluding carboxylic acids is 1. The monoisotopic (exact) mass is 458 g/mol. The predicted octanol–water partition coefficient (Wildman–Crippen LogP) is 1.72. The molecule has 6 rings (SSSR count). The van der Waals surface area contributed by atoms with Gasteiger partial charge < -0.3 is 20.6 Å². The molecular formula is C23H22N8O3. The minimum Gasteiger partial charge on any atom is -0.461 e. The molecule has 1 unspecified atom stereocenters. The van der Waals surface area contributed by atoms with Gasteiger partial charge in [0.15, 0.2) is 22.6 Å². The van der Waals surface area contributed by atoms with Crippen LogP contribution in [0, 0.1) is 0 Å². The van der Waals surface area contributed by atoms with E-state index in [0.29, 0.717) is 41.1 Å². The van der Waals surface area contributed by atoms with Gasteiger partial charge in [-0.05, 0) is 37.5 Å². The zero-order valence-corrected chi connectivity index (χ0v) is 18.3. The quantitative estimate of drug-likeness (QED) is 0.360. The minimum absolute atomic E-state index is 0.0931. The van der Waals surface area contributed by atoms with Gasteiger partial charge in [0, 0.05) is 6.04 Å². The summed E-state index contributed by atoms with van der Waals surface area (Å²) in [5, 5.41) is 22.3. The largest absolute Gasteiger partial charge is 0.461 e. The molecule has 11 nitrogen and oxygen atoms in total. The third-order valence-corrected chi connectivity index (χ3v) is 6.42. The molecule has 1 saturated carbocycles. The molecule has 4 heterocycles. The highest BCUT2D eigenvalue weighted by molar-refractivity contribution is 5.94. The van der Waals surface area contributed by atoms with Crippen molar-refractivity contribution in [3.63, 3.8) is 0 Å². The number of rotatable bonds is 5. The standard InChI is InChI=1S/C23H22N8O3/c1-23(13-6-3-2-4-7-13,21(33)26-14-10-15(32)11-14)31-20-16(12-25-31)19-27-18(17-8-5-9-34-17)29-30(19)22(24)28-20/h2-9,12,14-15,32H,10-11H2,1H3,(H2,24,28)(H,26,33)/t14-,15+,23?. The van der Waals surface area contributed by atoms with Gasteiger partial charge in [0.05, 0.1) is 24.0 Å². The number of nitrogen functional groups attached to an aromatic ring is 1. The fourth-order valence-corrected chi connectivity index (χ4v) is 4.39. The zero-order valence-electron chi connectivity index (χ0n) is 18.3. The lowest BCUT2D eigenvalue weighted by Gasteiger charge is -2.36. The molecule has 1 aliphatic rings. The fourth-order valence-electron chi connectivity index (χ4n) is 4.39. The summed E-state index contributed by atoms with van der Waals surface area (Å²) >= 11 is 0. The Bertz CT molecular complexity index is 1500. The molecule has 0 bridgehead atoms. The number of aliphatic hydroxyl groups is 1. The Hall–Kier alpha value is -4.25. The molecule has 4 N–H and O–H groups in total. The first-order chi connectivity index (χ1) is 16.4. The Morgan fingerprint density at radius 2 is 1.97 bits per heavy atom. The Morgan fingerprint density at radius 1 is 1.18 bits per heavy atom. The first kappa shape index (κ1) is 20.4. The van der Waals surface area contributed by atoms with Crippen LogP contribution in [0.5, 0.6) is 0 Å². The normalized spacial score (nSPS) is 19.7. The molecule has 5 aromatic rings. The molecule has 1 atom stereocenters. The molecule has 0 spiro atoms. The van der Waals surface area contributed by atoms with Gasteiger partial charge in [-0.2, -0.15) is 14.6 Å². The van der Waals surface area contributed by atoms with Gasteiger partial charge >= 0.3 is 0 Å². The van der Waals surface area contributed by atoms with E-state index < -0.39 is 5.54 Å². The minimum atomic E-state index is -1.23. The van der Waals surface area contributed by atoms with Gasteiger partial charge in [-0.15, -0.1) is 5.10 Å². The van der Waals surface area contributed by atoms with Crippen LogP contribution >= 0.6 is 0 Å². The Labute approximate surface area is 193 Å². The molecule has 1 fully saturated rings. The van der Waals surface area contributed by atoms with Gasteiger partial charge in [-0.25, -0.2) is 9.67 Å². The predicted molar refractivity (Wildman–Crippen MR) is 123 cm³/mol. The molecule has 172 valence electrons. The molecule has 0 radical (unpaired) electrons. The van der Waals surface area contributed by atoms with E-state index >= 15 is 0 Å². The first-order valence-corrected chi connectivity index (χ1v) is 10.9. The van der Waals surface area contributed by atoms with E-state index in [4.69, 9.17) is 10.2 Å². The third kappa shape index (κ3) is 2.97. The van der Waals surface area contributed by atoms with Gasteiger partial charge in [-0.1, -0.05) is 30.3 Å². The van der Waals surface area contributed by atoms with Crippen molar-refractivity contribution in [2.45, 2.75) is 37.5 Å². The molecule has 0 saturated heterocycles. The summed E-state index contributed by atoms with van der Waals surface area (Å²) in [5.41, 5.74) is 6.61. The lowest BCUT2D eigenvalue weighted by atomic mass is 9.86. The number of nitrogens with zero attached hydrogens (tertiary/aromatic N) is 6. The lowest BCUT2D eigenvalue weighted by Crippen LogP contribution is -2.55. The second kappa shape index (κ2) is 7.39. The van der Waals surface area contributed by atoms with Gasteiger partial charge in [0.2, 0.25) is 11.8 Å². The van der Waals surface area contributed by atoms with E-state index in [1.807, 2.05) is 30.3 Å². The van der Waals surface area contributed by atoms with Crippen molar-refractivity contribution < 1.29 is 14.3 Å². The van der Waals surface area contributed by atoms with Crippen LogP contribution < -0.4 is 11.1 Å². The molecule has 11 heteroatoms. The molecular weight excluding hydrogens is 436 g/mol. The van der Waals surface area contributed by atoms with Crippen molar-refractivity contribution in [2.24, 2.45) is 0 Å². The maximum Gasteiger partial charge on any atom is 0.252 e. The molecule has 1 aromatic carbocycles. The second-order valence-corrected chi connectivity index (χ2v) is 8.65.